The quantitative estimate of drug-likeness (QED) is 0.596. The number of benzene rings is 1. The van der Waals surface area contributed by atoms with Gasteiger partial charge in [-0.1, -0.05) is 33.8 Å². The third-order valence-corrected chi connectivity index (χ3v) is 8.82. The van der Waals surface area contributed by atoms with Crippen LogP contribution in [0, 0.1) is 6.92 Å². The van der Waals surface area contributed by atoms with E-state index in [1.54, 1.807) is 0 Å². The lowest BCUT2D eigenvalue weighted by atomic mass is 10.00. The Bertz CT molecular complexity index is 528. The van der Waals surface area contributed by atoms with Gasteiger partial charge in [0.15, 0.2) is 0 Å². The molecule has 0 saturated carbocycles. The van der Waals surface area contributed by atoms with Crippen LogP contribution in [0.4, 0.5) is 0 Å². The number of ether oxygens (including phenoxy) is 1. The molecule has 1 aromatic carbocycles. The molecule has 0 amide bonds. The standard InChI is InChI=1S/C17H28O3Si/c1-9-13-10-11-14(15(12(13)2)16(18)19-6)20-21(7,8)17(3,4)5/h10-11H,9H2,1-8H3. The Morgan fingerprint density at radius 2 is 1.81 bits per heavy atom. The topological polar surface area (TPSA) is 35.5 Å². The second-order valence-electron chi connectivity index (χ2n) is 6.93. The first-order valence-corrected chi connectivity index (χ1v) is 10.4. The second-order valence-corrected chi connectivity index (χ2v) is 11.7. The molecule has 0 fully saturated rings. The highest BCUT2D eigenvalue weighted by Crippen LogP contribution is 2.39. The van der Waals surface area contributed by atoms with Crippen molar-refractivity contribution in [2.24, 2.45) is 0 Å². The first-order valence-electron chi connectivity index (χ1n) is 7.45. The van der Waals surface area contributed by atoms with E-state index >= 15 is 0 Å². The van der Waals surface area contributed by atoms with Crippen molar-refractivity contribution in [3.8, 4) is 5.75 Å². The Morgan fingerprint density at radius 3 is 2.24 bits per heavy atom. The van der Waals surface area contributed by atoms with E-state index in [1.165, 1.54) is 7.11 Å². The molecule has 0 bridgehead atoms. The van der Waals surface area contributed by atoms with Gasteiger partial charge in [0.25, 0.3) is 8.32 Å². The average molecular weight is 308 g/mol. The molecular weight excluding hydrogens is 280 g/mol. The summed E-state index contributed by atoms with van der Waals surface area (Å²) < 4.78 is 11.3. The summed E-state index contributed by atoms with van der Waals surface area (Å²) in [6.07, 6.45) is 0.885. The van der Waals surface area contributed by atoms with Crippen LogP contribution in [-0.4, -0.2) is 21.4 Å². The highest BCUT2D eigenvalue weighted by atomic mass is 28.4. The maximum Gasteiger partial charge on any atom is 0.341 e. The van der Waals surface area contributed by atoms with E-state index < -0.39 is 8.32 Å². The summed E-state index contributed by atoms with van der Waals surface area (Å²) in [6.45, 7) is 15.0. The monoisotopic (exact) mass is 308 g/mol. The molecule has 1 aromatic rings. The van der Waals surface area contributed by atoms with Crippen LogP contribution in [0.25, 0.3) is 0 Å². The van der Waals surface area contributed by atoms with Crippen LogP contribution >= 0.6 is 0 Å². The van der Waals surface area contributed by atoms with E-state index in [2.05, 4.69) is 40.8 Å². The number of aryl methyl sites for hydroxylation is 1. The van der Waals surface area contributed by atoms with E-state index in [4.69, 9.17) is 9.16 Å². The molecule has 1 rings (SSSR count). The molecule has 0 N–H and O–H groups in total. The van der Waals surface area contributed by atoms with E-state index in [0.717, 1.165) is 17.5 Å². The molecule has 0 radical (unpaired) electrons. The molecule has 21 heavy (non-hydrogen) atoms. The zero-order valence-electron chi connectivity index (χ0n) is 14.6. The molecule has 0 spiro atoms. The van der Waals surface area contributed by atoms with Gasteiger partial charge in [-0.3, -0.25) is 0 Å². The summed E-state index contributed by atoms with van der Waals surface area (Å²) >= 11 is 0. The number of carbonyl (C=O) groups excluding carboxylic acids is 1. The summed E-state index contributed by atoms with van der Waals surface area (Å²) in [5.74, 6) is 0.333. The molecule has 0 atom stereocenters. The largest absolute Gasteiger partial charge is 0.543 e. The van der Waals surface area contributed by atoms with Crippen molar-refractivity contribution in [1.82, 2.24) is 0 Å². The van der Waals surface area contributed by atoms with Crippen LogP contribution in [0.15, 0.2) is 12.1 Å². The molecule has 0 aliphatic carbocycles. The number of carbonyl (C=O) groups is 1. The van der Waals surface area contributed by atoms with Gasteiger partial charge in [-0.2, -0.15) is 0 Å². The third-order valence-electron chi connectivity index (χ3n) is 4.48. The highest BCUT2D eigenvalue weighted by molar-refractivity contribution is 6.74. The lowest BCUT2D eigenvalue weighted by Gasteiger charge is -2.37. The van der Waals surface area contributed by atoms with E-state index in [-0.39, 0.29) is 11.0 Å². The Balaban J connectivity index is 3.37. The first kappa shape index (κ1) is 17.8. The molecule has 0 aromatic heterocycles. The van der Waals surface area contributed by atoms with E-state index in [0.29, 0.717) is 11.3 Å². The molecule has 0 aliphatic rings. The Morgan fingerprint density at radius 1 is 1.24 bits per heavy atom. The lowest BCUT2D eigenvalue weighted by Crippen LogP contribution is -2.44. The third kappa shape index (κ3) is 3.67. The van der Waals surface area contributed by atoms with Crippen LogP contribution in [0.3, 0.4) is 0 Å². The molecular formula is C17H28O3Si. The number of rotatable bonds is 4. The first-order chi connectivity index (χ1) is 9.55. The van der Waals surface area contributed by atoms with Crippen molar-refractivity contribution in [2.75, 3.05) is 7.11 Å². The van der Waals surface area contributed by atoms with Crippen LogP contribution < -0.4 is 4.43 Å². The van der Waals surface area contributed by atoms with Crippen LogP contribution in [0.5, 0.6) is 5.75 Å². The molecule has 3 nitrogen and oxygen atoms in total. The number of hydrogen-bond acceptors (Lipinski definition) is 3. The summed E-state index contributed by atoms with van der Waals surface area (Å²) in [5, 5.41) is 0.0811. The number of esters is 1. The predicted molar refractivity (Wildman–Crippen MR) is 89.7 cm³/mol. The smallest absolute Gasteiger partial charge is 0.341 e. The molecule has 0 heterocycles. The van der Waals surface area contributed by atoms with Gasteiger partial charge in [-0.25, -0.2) is 4.79 Å². The molecule has 118 valence electrons. The fraction of sp³-hybridized carbons (Fsp3) is 0.588. The SMILES string of the molecule is CCc1ccc(O[Si](C)(C)C(C)(C)C)c(C(=O)OC)c1C. The van der Waals surface area contributed by atoms with Gasteiger partial charge in [0.1, 0.15) is 11.3 Å². The minimum Gasteiger partial charge on any atom is -0.543 e. The average Bonchev–Trinajstić information content (AvgIpc) is 2.36. The van der Waals surface area contributed by atoms with Crippen LogP contribution in [0.1, 0.15) is 49.2 Å². The summed E-state index contributed by atoms with van der Waals surface area (Å²) in [6, 6.07) is 3.96. The van der Waals surface area contributed by atoms with Gasteiger partial charge in [0, 0.05) is 0 Å². The van der Waals surface area contributed by atoms with Gasteiger partial charge in [-0.05, 0) is 48.7 Å². The molecule has 0 saturated heterocycles. The van der Waals surface area contributed by atoms with Crippen molar-refractivity contribution in [3.63, 3.8) is 0 Å². The summed E-state index contributed by atoms with van der Waals surface area (Å²) in [4.78, 5) is 12.2. The van der Waals surface area contributed by atoms with E-state index in [9.17, 15) is 4.79 Å². The Kier molecular flexibility index (Phi) is 5.26. The molecule has 0 aliphatic heterocycles. The minimum absolute atomic E-state index is 0.0811. The van der Waals surface area contributed by atoms with Gasteiger partial charge >= 0.3 is 5.97 Å². The highest BCUT2D eigenvalue weighted by Gasteiger charge is 2.40. The summed E-state index contributed by atoms with van der Waals surface area (Å²) in [7, 11) is -0.581. The van der Waals surface area contributed by atoms with Gasteiger partial charge < -0.3 is 9.16 Å². The lowest BCUT2D eigenvalue weighted by molar-refractivity contribution is 0.0597. The Labute approximate surface area is 129 Å². The van der Waals surface area contributed by atoms with Crippen molar-refractivity contribution in [1.29, 1.82) is 0 Å². The predicted octanol–water partition coefficient (Wildman–Crippen LogP) is 4.73. The van der Waals surface area contributed by atoms with Crippen molar-refractivity contribution in [2.45, 2.75) is 59.2 Å². The fourth-order valence-corrected chi connectivity index (χ4v) is 3.01. The molecule has 0 unspecified atom stereocenters. The van der Waals surface area contributed by atoms with Gasteiger partial charge in [-0.15, -0.1) is 0 Å². The van der Waals surface area contributed by atoms with Gasteiger partial charge in [0.05, 0.1) is 7.11 Å². The van der Waals surface area contributed by atoms with Crippen LogP contribution in [-0.2, 0) is 11.2 Å². The molecule has 4 heteroatoms. The maximum atomic E-state index is 12.2. The van der Waals surface area contributed by atoms with Crippen molar-refractivity contribution < 1.29 is 14.0 Å². The zero-order valence-corrected chi connectivity index (χ0v) is 15.6. The van der Waals surface area contributed by atoms with Crippen molar-refractivity contribution in [3.05, 3.63) is 28.8 Å². The van der Waals surface area contributed by atoms with Crippen molar-refractivity contribution >= 4 is 14.3 Å². The minimum atomic E-state index is -1.99. The fourth-order valence-electron chi connectivity index (χ4n) is 1.98. The summed E-state index contributed by atoms with van der Waals surface area (Å²) in [5.41, 5.74) is 2.68. The Hall–Kier alpha value is -1.29. The van der Waals surface area contributed by atoms with E-state index in [1.807, 2.05) is 19.1 Å². The second kappa shape index (κ2) is 6.22. The number of methoxy groups -OCH3 is 1. The van der Waals surface area contributed by atoms with Gasteiger partial charge in [0.2, 0.25) is 0 Å². The zero-order chi connectivity index (χ0) is 16.4. The maximum absolute atomic E-state index is 12.2. The number of hydrogen-bond donors (Lipinski definition) is 0. The normalized spacial score (nSPS) is 12.2. The van der Waals surface area contributed by atoms with Crippen LogP contribution in [0.2, 0.25) is 18.1 Å².